The third-order valence-corrected chi connectivity index (χ3v) is 4.38. The lowest BCUT2D eigenvalue weighted by Gasteiger charge is -2.22. The number of rotatable bonds is 7. The Kier molecular flexibility index (Phi) is 6.49. The quantitative estimate of drug-likeness (QED) is 0.761. The molecule has 1 amide bonds. The molecule has 0 heterocycles. The van der Waals surface area contributed by atoms with E-state index in [1.807, 2.05) is 30.3 Å². The number of sulfonamides is 1. The summed E-state index contributed by atoms with van der Waals surface area (Å²) in [5.41, 5.74) is 2.20. The zero-order valence-electron chi connectivity index (χ0n) is 16.1. The van der Waals surface area contributed by atoms with Gasteiger partial charge in [0, 0.05) is 12.2 Å². The highest BCUT2D eigenvalue weighted by Crippen LogP contribution is 2.30. The first kappa shape index (κ1) is 20.8. The number of nitrogens with one attached hydrogen (secondary N) is 2. The molecule has 0 saturated heterocycles. The third kappa shape index (κ3) is 6.94. The SMILES string of the molecule is CC(C)(C)c1ccccc1OCC(=O)NCc1cccc(NS(C)(=O)=O)c1. The average Bonchev–Trinajstić information content (AvgIpc) is 2.56. The van der Waals surface area contributed by atoms with Gasteiger partial charge in [-0.05, 0) is 34.7 Å². The zero-order chi connectivity index (χ0) is 20.1. The molecule has 0 saturated carbocycles. The van der Waals surface area contributed by atoms with Crippen molar-refractivity contribution in [2.24, 2.45) is 0 Å². The van der Waals surface area contributed by atoms with Gasteiger partial charge in [-0.25, -0.2) is 8.42 Å². The van der Waals surface area contributed by atoms with Crippen molar-refractivity contribution in [1.82, 2.24) is 5.32 Å². The van der Waals surface area contributed by atoms with E-state index in [2.05, 4.69) is 30.8 Å². The molecule has 2 N–H and O–H groups in total. The van der Waals surface area contributed by atoms with E-state index >= 15 is 0 Å². The summed E-state index contributed by atoms with van der Waals surface area (Å²) >= 11 is 0. The number of hydrogen-bond donors (Lipinski definition) is 2. The Morgan fingerprint density at radius 1 is 1.07 bits per heavy atom. The molecule has 2 aromatic rings. The van der Waals surface area contributed by atoms with Crippen LogP contribution in [0.15, 0.2) is 48.5 Å². The van der Waals surface area contributed by atoms with Crippen LogP contribution in [0.25, 0.3) is 0 Å². The number of hydrogen-bond acceptors (Lipinski definition) is 4. The largest absolute Gasteiger partial charge is 0.483 e. The summed E-state index contributed by atoms with van der Waals surface area (Å²) in [4.78, 5) is 12.1. The summed E-state index contributed by atoms with van der Waals surface area (Å²) in [6.45, 7) is 6.46. The first-order valence-electron chi connectivity index (χ1n) is 8.60. The van der Waals surface area contributed by atoms with E-state index in [1.54, 1.807) is 18.2 Å². The highest BCUT2D eigenvalue weighted by Gasteiger charge is 2.18. The number of para-hydroxylation sites is 1. The van der Waals surface area contributed by atoms with Crippen LogP contribution in [0, 0.1) is 0 Å². The minimum atomic E-state index is -3.34. The van der Waals surface area contributed by atoms with Gasteiger partial charge in [-0.15, -0.1) is 0 Å². The van der Waals surface area contributed by atoms with Crippen LogP contribution in [0.1, 0.15) is 31.9 Å². The second kappa shape index (κ2) is 8.43. The average molecular weight is 391 g/mol. The van der Waals surface area contributed by atoms with Crippen LogP contribution in [0.3, 0.4) is 0 Å². The lowest BCUT2D eigenvalue weighted by molar-refractivity contribution is -0.123. The Hall–Kier alpha value is -2.54. The normalized spacial score (nSPS) is 11.7. The maximum atomic E-state index is 12.1. The summed E-state index contributed by atoms with van der Waals surface area (Å²) in [6, 6.07) is 14.5. The Bertz CT molecular complexity index is 902. The fraction of sp³-hybridized carbons (Fsp3) is 0.350. The summed E-state index contributed by atoms with van der Waals surface area (Å²) in [7, 11) is -3.34. The topological polar surface area (TPSA) is 84.5 Å². The first-order chi connectivity index (χ1) is 12.5. The van der Waals surface area contributed by atoms with Crippen LogP contribution >= 0.6 is 0 Å². The molecule has 0 aliphatic rings. The molecule has 0 aliphatic heterocycles. The number of amides is 1. The Labute approximate surface area is 161 Å². The fourth-order valence-corrected chi connectivity index (χ4v) is 3.12. The number of carbonyl (C=O) groups is 1. The van der Waals surface area contributed by atoms with Crippen molar-refractivity contribution in [3.05, 3.63) is 59.7 Å². The number of benzene rings is 2. The molecule has 0 bridgehead atoms. The molecule has 0 radical (unpaired) electrons. The van der Waals surface area contributed by atoms with Gasteiger partial charge >= 0.3 is 0 Å². The monoisotopic (exact) mass is 390 g/mol. The molecule has 27 heavy (non-hydrogen) atoms. The molecule has 0 atom stereocenters. The standard InChI is InChI=1S/C20H26N2O4S/c1-20(2,3)17-10-5-6-11-18(17)26-14-19(23)21-13-15-8-7-9-16(12-15)22-27(4,24)25/h5-12,22H,13-14H2,1-4H3,(H,21,23). The Balaban J connectivity index is 1.92. The molecule has 7 heteroatoms. The minimum Gasteiger partial charge on any atom is -0.483 e. The summed E-state index contributed by atoms with van der Waals surface area (Å²) in [5, 5.41) is 2.78. The van der Waals surface area contributed by atoms with E-state index in [0.29, 0.717) is 11.4 Å². The number of ether oxygens (including phenoxy) is 1. The third-order valence-electron chi connectivity index (χ3n) is 3.77. The van der Waals surface area contributed by atoms with E-state index < -0.39 is 10.0 Å². The highest BCUT2D eigenvalue weighted by molar-refractivity contribution is 7.92. The Morgan fingerprint density at radius 3 is 2.44 bits per heavy atom. The van der Waals surface area contributed by atoms with Gasteiger partial charge in [0.25, 0.3) is 5.91 Å². The minimum absolute atomic E-state index is 0.0832. The highest BCUT2D eigenvalue weighted by atomic mass is 32.2. The predicted octanol–water partition coefficient (Wildman–Crippen LogP) is 3.05. The van der Waals surface area contributed by atoms with Crippen molar-refractivity contribution in [2.45, 2.75) is 32.7 Å². The lowest BCUT2D eigenvalue weighted by Crippen LogP contribution is -2.29. The van der Waals surface area contributed by atoms with E-state index in [9.17, 15) is 13.2 Å². The van der Waals surface area contributed by atoms with Crippen LogP contribution in [0.2, 0.25) is 0 Å². The second-order valence-corrected chi connectivity index (χ2v) is 9.13. The van der Waals surface area contributed by atoms with E-state index in [-0.39, 0.29) is 24.5 Å². The Morgan fingerprint density at radius 2 is 1.78 bits per heavy atom. The van der Waals surface area contributed by atoms with Gasteiger partial charge in [0.2, 0.25) is 10.0 Å². The van der Waals surface area contributed by atoms with Crippen LogP contribution in [-0.4, -0.2) is 27.2 Å². The van der Waals surface area contributed by atoms with E-state index in [4.69, 9.17) is 4.74 Å². The summed E-state index contributed by atoms with van der Waals surface area (Å²) in [6.07, 6.45) is 1.09. The molecule has 0 spiro atoms. The lowest BCUT2D eigenvalue weighted by atomic mass is 9.86. The molecule has 2 aromatic carbocycles. The maximum Gasteiger partial charge on any atom is 0.258 e. The van der Waals surface area contributed by atoms with Crippen LogP contribution < -0.4 is 14.8 Å². The van der Waals surface area contributed by atoms with Crippen molar-refractivity contribution < 1.29 is 17.9 Å². The predicted molar refractivity (Wildman–Crippen MR) is 107 cm³/mol. The zero-order valence-corrected chi connectivity index (χ0v) is 16.9. The van der Waals surface area contributed by atoms with Gasteiger partial charge < -0.3 is 10.1 Å². The number of carbonyl (C=O) groups excluding carboxylic acids is 1. The van der Waals surface area contributed by atoms with Crippen LogP contribution in [0.5, 0.6) is 5.75 Å². The van der Waals surface area contributed by atoms with Crippen molar-refractivity contribution in [3.63, 3.8) is 0 Å². The van der Waals surface area contributed by atoms with Gasteiger partial charge in [-0.1, -0.05) is 51.1 Å². The summed E-state index contributed by atoms with van der Waals surface area (Å²) < 4.78 is 30.7. The molecule has 6 nitrogen and oxygen atoms in total. The molecule has 0 fully saturated rings. The molecule has 0 unspecified atom stereocenters. The van der Waals surface area contributed by atoms with Crippen LogP contribution in [-0.2, 0) is 26.8 Å². The van der Waals surface area contributed by atoms with E-state index in [1.165, 1.54) is 0 Å². The molecule has 146 valence electrons. The molecular weight excluding hydrogens is 364 g/mol. The second-order valence-electron chi connectivity index (χ2n) is 7.39. The van der Waals surface area contributed by atoms with Crippen molar-refractivity contribution in [2.75, 3.05) is 17.6 Å². The molecular formula is C20H26N2O4S. The van der Waals surface area contributed by atoms with Crippen LogP contribution in [0.4, 0.5) is 5.69 Å². The van der Waals surface area contributed by atoms with Gasteiger partial charge in [0.05, 0.1) is 6.26 Å². The van der Waals surface area contributed by atoms with Crippen molar-refractivity contribution >= 4 is 21.6 Å². The summed E-state index contributed by atoms with van der Waals surface area (Å²) in [5.74, 6) is 0.444. The molecule has 2 rings (SSSR count). The van der Waals surface area contributed by atoms with Crippen molar-refractivity contribution in [1.29, 1.82) is 0 Å². The smallest absolute Gasteiger partial charge is 0.258 e. The number of anilines is 1. The van der Waals surface area contributed by atoms with Crippen molar-refractivity contribution in [3.8, 4) is 5.75 Å². The maximum absolute atomic E-state index is 12.1. The van der Waals surface area contributed by atoms with Gasteiger partial charge in [0.1, 0.15) is 5.75 Å². The van der Waals surface area contributed by atoms with Gasteiger partial charge in [-0.2, -0.15) is 0 Å². The molecule has 0 aromatic heterocycles. The fourth-order valence-electron chi connectivity index (χ4n) is 2.57. The first-order valence-corrected chi connectivity index (χ1v) is 10.5. The van der Waals surface area contributed by atoms with E-state index in [0.717, 1.165) is 17.4 Å². The molecule has 0 aliphatic carbocycles. The van der Waals surface area contributed by atoms with Gasteiger partial charge in [0.15, 0.2) is 6.61 Å². The van der Waals surface area contributed by atoms with Gasteiger partial charge in [-0.3, -0.25) is 9.52 Å².